The molecule has 0 radical (unpaired) electrons. The van der Waals surface area contributed by atoms with Crippen LogP contribution in [-0.4, -0.2) is 32.7 Å². The van der Waals surface area contributed by atoms with Gasteiger partial charge in [-0.15, -0.1) is 0 Å². The number of halogens is 1. The van der Waals surface area contributed by atoms with Crippen molar-refractivity contribution in [1.29, 1.82) is 0 Å². The molecular formula is C25H23ClN4O4. The number of hydrogen-bond donors (Lipinski definition) is 2. The van der Waals surface area contributed by atoms with Gasteiger partial charge in [-0.2, -0.15) is 0 Å². The van der Waals surface area contributed by atoms with E-state index in [1.807, 2.05) is 44.2 Å². The van der Waals surface area contributed by atoms with E-state index in [9.17, 15) is 14.7 Å². The van der Waals surface area contributed by atoms with Crippen LogP contribution in [0.25, 0.3) is 22.3 Å². The highest BCUT2D eigenvalue weighted by Gasteiger charge is 2.21. The molecule has 2 aromatic heterocycles. The summed E-state index contributed by atoms with van der Waals surface area (Å²) in [6, 6.07) is 13.8. The molecule has 2 aromatic carbocycles. The molecule has 0 spiro atoms. The lowest BCUT2D eigenvalue weighted by molar-refractivity contribution is 0.0691. The van der Waals surface area contributed by atoms with Crippen molar-refractivity contribution in [2.75, 3.05) is 12.4 Å². The van der Waals surface area contributed by atoms with Gasteiger partial charge in [0.05, 0.1) is 35.3 Å². The summed E-state index contributed by atoms with van der Waals surface area (Å²) >= 11 is 5.89. The van der Waals surface area contributed by atoms with Crippen molar-refractivity contribution in [2.24, 2.45) is 7.05 Å². The first kappa shape index (κ1) is 23.3. The largest absolute Gasteiger partial charge is 0.496 e. The Hall–Kier alpha value is -3.91. The van der Waals surface area contributed by atoms with Crippen molar-refractivity contribution < 1.29 is 14.6 Å². The normalized spacial score (nSPS) is 11.9. The van der Waals surface area contributed by atoms with Crippen LogP contribution in [-0.2, 0) is 7.05 Å². The third-order valence-corrected chi connectivity index (χ3v) is 5.81. The van der Waals surface area contributed by atoms with E-state index in [4.69, 9.17) is 21.3 Å². The summed E-state index contributed by atoms with van der Waals surface area (Å²) in [7, 11) is 3.25. The van der Waals surface area contributed by atoms with Crippen molar-refractivity contribution in [3.8, 4) is 17.1 Å². The van der Waals surface area contributed by atoms with Gasteiger partial charge in [0, 0.05) is 12.6 Å². The number of aromatic carboxylic acids is 1. The van der Waals surface area contributed by atoms with E-state index in [2.05, 4.69) is 10.3 Å². The number of aryl methyl sites for hydroxylation is 1. The third-order valence-electron chi connectivity index (χ3n) is 5.60. The Morgan fingerprint density at radius 3 is 2.62 bits per heavy atom. The Morgan fingerprint density at radius 2 is 1.91 bits per heavy atom. The molecule has 0 aliphatic rings. The Balaban J connectivity index is 1.91. The predicted octanol–water partition coefficient (Wildman–Crippen LogP) is 4.84. The van der Waals surface area contributed by atoms with Crippen molar-refractivity contribution >= 4 is 34.2 Å². The van der Waals surface area contributed by atoms with E-state index in [1.54, 1.807) is 26.3 Å². The van der Waals surface area contributed by atoms with E-state index in [0.29, 0.717) is 33.7 Å². The number of anilines is 1. The number of carboxylic acids is 1. The average Bonchev–Trinajstić information content (AvgIpc) is 2.82. The number of pyridine rings is 1. The minimum absolute atomic E-state index is 0.0863. The van der Waals surface area contributed by atoms with Crippen molar-refractivity contribution in [3.63, 3.8) is 0 Å². The molecule has 174 valence electrons. The molecule has 34 heavy (non-hydrogen) atoms. The molecule has 0 fully saturated rings. The molecule has 0 saturated carbocycles. The molecule has 9 heteroatoms. The molecule has 0 amide bonds. The summed E-state index contributed by atoms with van der Waals surface area (Å²) in [6.45, 7) is 3.77. The first-order valence-corrected chi connectivity index (χ1v) is 10.9. The molecule has 1 unspecified atom stereocenters. The Morgan fingerprint density at radius 1 is 1.18 bits per heavy atom. The second-order valence-electron chi connectivity index (χ2n) is 7.95. The Bertz CT molecular complexity index is 1480. The van der Waals surface area contributed by atoms with Crippen LogP contribution < -0.4 is 15.6 Å². The molecule has 1 atom stereocenters. The maximum Gasteiger partial charge on any atom is 0.356 e. The summed E-state index contributed by atoms with van der Waals surface area (Å²) in [5, 5.41) is 13.3. The number of ether oxygens (including phenoxy) is 1. The van der Waals surface area contributed by atoms with Gasteiger partial charge in [0.25, 0.3) is 5.56 Å². The molecule has 4 aromatic rings. The van der Waals surface area contributed by atoms with Crippen LogP contribution in [0.5, 0.6) is 5.75 Å². The lowest BCUT2D eigenvalue weighted by Gasteiger charge is -2.20. The summed E-state index contributed by atoms with van der Waals surface area (Å²) in [6.07, 6.45) is 0. The second-order valence-corrected chi connectivity index (χ2v) is 8.34. The second kappa shape index (κ2) is 9.15. The van der Waals surface area contributed by atoms with E-state index in [1.165, 1.54) is 10.6 Å². The molecule has 0 saturated heterocycles. The van der Waals surface area contributed by atoms with Crippen LogP contribution in [0.4, 0.5) is 5.69 Å². The first-order valence-electron chi connectivity index (χ1n) is 10.5. The third kappa shape index (κ3) is 4.20. The highest BCUT2D eigenvalue weighted by molar-refractivity contribution is 6.29. The number of para-hydroxylation sites is 1. The van der Waals surface area contributed by atoms with Gasteiger partial charge >= 0.3 is 5.97 Å². The minimum atomic E-state index is -1.20. The lowest BCUT2D eigenvalue weighted by Crippen LogP contribution is -2.22. The number of benzene rings is 2. The predicted molar refractivity (Wildman–Crippen MR) is 132 cm³/mol. The zero-order valence-corrected chi connectivity index (χ0v) is 19.8. The number of rotatable bonds is 6. The minimum Gasteiger partial charge on any atom is -0.496 e. The number of methoxy groups -OCH3 is 1. The average molecular weight is 479 g/mol. The van der Waals surface area contributed by atoms with Crippen molar-refractivity contribution in [1.82, 2.24) is 14.5 Å². The van der Waals surface area contributed by atoms with E-state index in [0.717, 1.165) is 11.1 Å². The molecule has 4 rings (SSSR count). The highest BCUT2D eigenvalue weighted by atomic mass is 35.5. The summed E-state index contributed by atoms with van der Waals surface area (Å²) in [5.41, 5.74) is 2.77. The number of carbonyl (C=O) groups is 1. The van der Waals surface area contributed by atoms with Crippen LogP contribution in [0.1, 0.15) is 34.6 Å². The summed E-state index contributed by atoms with van der Waals surface area (Å²) in [4.78, 5) is 33.8. The molecule has 0 aliphatic heterocycles. The fourth-order valence-electron chi connectivity index (χ4n) is 3.98. The number of nitrogens with one attached hydrogen (secondary N) is 1. The van der Waals surface area contributed by atoms with Gasteiger partial charge in [0.1, 0.15) is 16.7 Å². The monoisotopic (exact) mass is 478 g/mol. The molecule has 0 aliphatic carbocycles. The maximum absolute atomic E-state index is 13.3. The maximum atomic E-state index is 13.3. The van der Waals surface area contributed by atoms with Crippen LogP contribution in [0.3, 0.4) is 0 Å². The molecule has 8 nitrogen and oxygen atoms in total. The highest BCUT2D eigenvalue weighted by Crippen LogP contribution is 2.32. The SMILES string of the molecule is COc1ccccc1-c1nc2c(C(C)Nc3ccc(Cl)nc3C(=O)O)cc(C)cc2c(=O)n1C. The van der Waals surface area contributed by atoms with Gasteiger partial charge < -0.3 is 15.2 Å². The number of aromatic nitrogens is 3. The molecular weight excluding hydrogens is 456 g/mol. The molecule has 2 N–H and O–H groups in total. The number of hydrogen-bond acceptors (Lipinski definition) is 6. The fourth-order valence-corrected chi connectivity index (χ4v) is 4.13. The topological polar surface area (TPSA) is 106 Å². The fraction of sp³-hybridized carbons (Fsp3) is 0.200. The smallest absolute Gasteiger partial charge is 0.356 e. The standard InChI is InChI=1S/C25H23ClN4O4/c1-13-11-16(14(2)27-18-9-10-20(26)28-22(18)25(32)33)21-17(12-13)24(31)30(3)23(29-21)15-7-5-6-8-19(15)34-4/h5-12,14,27H,1-4H3,(H,32,33). The van der Waals surface area contributed by atoms with Gasteiger partial charge in [-0.3, -0.25) is 9.36 Å². The summed E-state index contributed by atoms with van der Waals surface area (Å²) in [5.74, 6) is -0.133. The lowest BCUT2D eigenvalue weighted by atomic mass is 10.0. The van der Waals surface area contributed by atoms with E-state index in [-0.39, 0.29) is 16.4 Å². The Kier molecular flexibility index (Phi) is 6.26. The zero-order valence-electron chi connectivity index (χ0n) is 19.1. The number of nitrogens with zero attached hydrogens (tertiary/aromatic N) is 3. The first-order chi connectivity index (χ1) is 16.2. The van der Waals surface area contributed by atoms with Crippen molar-refractivity contribution in [2.45, 2.75) is 19.9 Å². The van der Waals surface area contributed by atoms with Gasteiger partial charge in [-0.05, 0) is 49.7 Å². The number of fused-ring (bicyclic) bond motifs is 1. The molecule has 2 heterocycles. The van der Waals surface area contributed by atoms with Gasteiger partial charge in [-0.1, -0.05) is 29.8 Å². The zero-order chi connectivity index (χ0) is 24.6. The van der Waals surface area contributed by atoms with Crippen LogP contribution in [0.15, 0.2) is 53.3 Å². The van der Waals surface area contributed by atoms with Crippen molar-refractivity contribution in [3.05, 3.63) is 80.9 Å². The number of carboxylic acid groups (broad SMARTS) is 1. The molecule has 0 bridgehead atoms. The Labute approximate surface area is 200 Å². The van der Waals surface area contributed by atoms with Gasteiger partial charge in [0.2, 0.25) is 0 Å². The van der Waals surface area contributed by atoms with Crippen LogP contribution in [0.2, 0.25) is 5.15 Å². The van der Waals surface area contributed by atoms with E-state index < -0.39 is 12.0 Å². The van der Waals surface area contributed by atoms with Gasteiger partial charge in [-0.25, -0.2) is 14.8 Å². The van der Waals surface area contributed by atoms with Gasteiger partial charge in [0.15, 0.2) is 5.69 Å². The van der Waals surface area contributed by atoms with E-state index >= 15 is 0 Å². The van der Waals surface area contributed by atoms with Crippen LogP contribution in [0, 0.1) is 6.92 Å². The van der Waals surface area contributed by atoms with Crippen LogP contribution >= 0.6 is 11.6 Å². The quantitative estimate of drug-likeness (QED) is 0.382. The summed E-state index contributed by atoms with van der Waals surface area (Å²) < 4.78 is 6.99.